The first-order chi connectivity index (χ1) is 7.41. The minimum Gasteiger partial charge on any atom is -0.460 e. The van der Waals surface area contributed by atoms with Gasteiger partial charge in [0, 0.05) is 0 Å². The second-order valence-corrected chi connectivity index (χ2v) is 5.48. The van der Waals surface area contributed by atoms with Crippen LogP contribution in [0.5, 0.6) is 0 Å². The molecule has 4 heteroatoms. The molecule has 4 nitrogen and oxygen atoms in total. The first kappa shape index (κ1) is 16.4. The molecule has 0 aliphatic heterocycles. The van der Waals surface area contributed by atoms with Crippen LogP contribution in [-0.4, -0.2) is 28.8 Å². The maximum atomic E-state index is 11.4. The minimum absolute atomic E-state index is 0. The van der Waals surface area contributed by atoms with Gasteiger partial charge in [0.05, 0.1) is 0 Å². The normalized spacial score (nSPS) is 30.6. The van der Waals surface area contributed by atoms with Crippen molar-refractivity contribution in [3.63, 3.8) is 0 Å². The Labute approximate surface area is 104 Å². The smallest absolute Gasteiger partial charge is 0.334 e. The Morgan fingerprint density at radius 3 is 2.35 bits per heavy atom. The van der Waals surface area contributed by atoms with E-state index in [4.69, 9.17) is 9.84 Å². The van der Waals surface area contributed by atoms with Crippen molar-refractivity contribution in [2.75, 3.05) is 0 Å². The predicted octanol–water partition coefficient (Wildman–Crippen LogP) is 1.55. The van der Waals surface area contributed by atoms with Crippen LogP contribution >= 0.6 is 0 Å². The number of esters is 1. The highest BCUT2D eigenvalue weighted by atomic mass is 16.6. The standard InChI is InChI=1S/C13H24O3.H2O/c1-8(2)11-6-5-9(3)7-12(11)16-13(15)10(4)14;/h8-12,14H,5-7H2,1-4H3;1H2. The number of hydrogen-bond donors (Lipinski definition) is 1. The molecular weight excluding hydrogens is 220 g/mol. The van der Waals surface area contributed by atoms with Gasteiger partial charge in [0.2, 0.25) is 0 Å². The highest BCUT2D eigenvalue weighted by Crippen LogP contribution is 2.35. The van der Waals surface area contributed by atoms with E-state index in [1.807, 2.05) is 0 Å². The summed E-state index contributed by atoms with van der Waals surface area (Å²) in [6.45, 7) is 7.99. The number of carbonyl (C=O) groups is 1. The summed E-state index contributed by atoms with van der Waals surface area (Å²) >= 11 is 0. The van der Waals surface area contributed by atoms with Crippen LogP contribution in [0.3, 0.4) is 0 Å². The average Bonchev–Trinajstić information content (AvgIpc) is 2.16. The van der Waals surface area contributed by atoms with Gasteiger partial charge in [-0.05, 0) is 37.5 Å². The predicted molar refractivity (Wildman–Crippen MR) is 66.5 cm³/mol. The Morgan fingerprint density at radius 2 is 1.88 bits per heavy atom. The van der Waals surface area contributed by atoms with Crippen LogP contribution in [0.15, 0.2) is 0 Å². The van der Waals surface area contributed by atoms with Crippen molar-refractivity contribution in [2.45, 2.75) is 59.2 Å². The van der Waals surface area contributed by atoms with E-state index in [1.165, 1.54) is 13.3 Å². The Morgan fingerprint density at radius 1 is 1.29 bits per heavy atom. The van der Waals surface area contributed by atoms with E-state index in [2.05, 4.69) is 20.8 Å². The van der Waals surface area contributed by atoms with Gasteiger partial charge >= 0.3 is 5.97 Å². The number of hydrogen-bond acceptors (Lipinski definition) is 3. The molecule has 1 aliphatic carbocycles. The molecule has 0 aromatic carbocycles. The van der Waals surface area contributed by atoms with E-state index >= 15 is 0 Å². The molecule has 0 bridgehead atoms. The van der Waals surface area contributed by atoms with E-state index in [9.17, 15) is 4.79 Å². The molecule has 3 N–H and O–H groups in total. The third kappa shape index (κ3) is 4.64. The molecular formula is C13H26O4. The fourth-order valence-corrected chi connectivity index (χ4v) is 2.50. The van der Waals surface area contributed by atoms with Crippen molar-refractivity contribution in [3.05, 3.63) is 0 Å². The van der Waals surface area contributed by atoms with Crippen molar-refractivity contribution in [2.24, 2.45) is 17.8 Å². The lowest BCUT2D eigenvalue weighted by Gasteiger charge is -2.36. The van der Waals surface area contributed by atoms with E-state index in [0.717, 1.165) is 12.8 Å². The van der Waals surface area contributed by atoms with E-state index in [-0.39, 0.29) is 11.6 Å². The first-order valence-electron chi connectivity index (χ1n) is 6.30. The van der Waals surface area contributed by atoms with Gasteiger partial charge in [0.15, 0.2) is 0 Å². The molecule has 0 aromatic rings. The lowest BCUT2D eigenvalue weighted by molar-refractivity contribution is -0.164. The van der Waals surface area contributed by atoms with Gasteiger partial charge in [0.1, 0.15) is 12.2 Å². The molecule has 17 heavy (non-hydrogen) atoms. The summed E-state index contributed by atoms with van der Waals surface area (Å²) < 4.78 is 5.41. The zero-order valence-electron chi connectivity index (χ0n) is 11.3. The fourth-order valence-electron chi connectivity index (χ4n) is 2.50. The van der Waals surface area contributed by atoms with Gasteiger partial charge in [-0.1, -0.05) is 27.2 Å². The summed E-state index contributed by atoms with van der Waals surface area (Å²) in [6, 6.07) is 0. The lowest BCUT2D eigenvalue weighted by Crippen LogP contribution is -2.37. The van der Waals surface area contributed by atoms with Crippen LogP contribution in [0.1, 0.15) is 47.0 Å². The summed E-state index contributed by atoms with van der Waals surface area (Å²) in [5.41, 5.74) is 0. The third-order valence-corrected chi connectivity index (χ3v) is 3.57. The van der Waals surface area contributed by atoms with Crippen molar-refractivity contribution in [3.8, 4) is 0 Å². The van der Waals surface area contributed by atoms with E-state index in [0.29, 0.717) is 17.8 Å². The SMILES string of the molecule is CC1CCC(C(C)C)C(OC(=O)C(C)O)C1.O. The van der Waals surface area contributed by atoms with Gasteiger partial charge in [-0.25, -0.2) is 4.79 Å². The molecule has 102 valence electrons. The van der Waals surface area contributed by atoms with Crippen LogP contribution in [0.2, 0.25) is 0 Å². The molecule has 0 spiro atoms. The Hall–Kier alpha value is -0.610. The Balaban J connectivity index is 0.00000256. The van der Waals surface area contributed by atoms with E-state index < -0.39 is 12.1 Å². The summed E-state index contributed by atoms with van der Waals surface area (Å²) in [6.07, 6.45) is 2.25. The second-order valence-electron chi connectivity index (χ2n) is 5.48. The maximum absolute atomic E-state index is 11.4. The number of rotatable bonds is 3. The Kier molecular flexibility index (Phi) is 6.72. The lowest BCUT2D eigenvalue weighted by atomic mass is 9.75. The highest BCUT2D eigenvalue weighted by molar-refractivity contribution is 5.74. The summed E-state index contributed by atoms with van der Waals surface area (Å²) in [7, 11) is 0. The minimum atomic E-state index is -1.01. The van der Waals surface area contributed by atoms with Gasteiger partial charge in [-0.3, -0.25) is 0 Å². The highest BCUT2D eigenvalue weighted by Gasteiger charge is 2.33. The molecule has 4 atom stereocenters. The number of aliphatic hydroxyl groups excluding tert-OH is 1. The van der Waals surface area contributed by atoms with E-state index in [1.54, 1.807) is 0 Å². The largest absolute Gasteiger partial charge is 0.460 e. The molecule has 0 aromatic heterocycles. The van der Waals surface area contributed by atoms with Crippen LogP contribution in [0.4, 0.5) is 0 Å². The summed E-state index contributed by atoms with van der Waals surface area (Å²) in [5, 5.41) is 9.17. The van der Waals surface area contributed by atoms with Crippen LogP contribution in [0, 0.1) is 17.8 Å². The number of carbonyl (C=O) groups excluding carboxylic acids is 1. The topological polar surface area (TPSA) is 78.0 Å². The molecule has 1 saturated carbocycles. The van der Waals surface area contributed by atoms with Gasteiger partial charge < -0.3 is 15.3 Å². The second kappa shape index (κ2) is 6.97. The van der Waals surface area contributed by atoms with Gasteiger partial charge in [0.25, 0.3) is 0 Å². The van der Waals surface area contributed by atoms with Crippen molar-refractivity contribution in [1.29, 1.82) is 0 Å². The van der Waals surface area contributed by atoms with Crippen molar-refractivity contribution < 1.29 is 20.1 Å². The van der Waals surface area contributed by atoms with Crippen molar-refractivity contribution in [1.82, 2.24) is 0 Å². The molecule has 4 unspecified atom stereocenters. The quantitative estimate of drug-likeness (QED) is 0.767. The zero-order chi connectivity index (χ0) is 12.3. The molecule has 1 rings (SSSR count). The fraction of sp³-hybridized carbons (Fsp3) is 0.923. The summed E-state index contributed by atoms with van der Waals surface area (Å²) in [4.78, 5) is 11.4. The zero-order valence-corrected chi connectivity index (χ0v) is 11.3. The molecule has 0 heterocycles. The maximum Gasteiger partial charge on any atom is 0.334 e. The molecule has 1 aliphatic rings. The molecule has 0 radical (unpaired) electrons. The molecule has 0 amide bonds. The Bertz CT molecular complexity index is 238. The number of ether oxygens (including phenoxy) is 1. The summed E-state index contributed by atoms with van der Waals surface area (Å²) in [5.74, 6) is 1.10. The molecule has 0 saturated heterocycles. The third-order valence-electron chi connectivity index (χ3n) is 3.57. The van der Waals surface area contributed by atoms with Crippen LogP contribution in [-0.2, 0) is 9.53 Å². The molecule has 1 fully saturated rings. The van der Waals surface area contributed by atoms with Crippen molar-refractivity contribution >= 4 is 5.97 Å². The first-order valence-corrected chi connectivity index (χ1v) is 6.30. The monoisotopic (exact) mass is 246 g/mol. The van der Waals surface area contributed by atoms with Gasteiger partial charge in [-0.15, -0.1) is 0 Å². The average molecular weight is 246 g/mol. The number of aliphatic hydroxyl groups is 1. The van der Waals surface area contributed by atoms with Gasteiger partial charge in [-0.2, -0.15) is 0 Å². The van der Waals surface area contributed by atoms with Crippen LogP contribution in [0.25, 0.3) is 0 Å². The van der Waals surface area contributed by atoms with Crippen LogP contribution < -0.4 is 0 Å².